The first-order valence-electron chi connectivity index (χ1n) is 6.36. The van der Waals surface area contributed by atoms with E-state index in [0.29, 0.717) is 6.54 Å². The van der Waals surface area contributed by atoms with Gasteiger partial charge in [-0.05, 0) is 42.0 Å². The summed E-state index contributed by atoms with van der Waals surface area (Å²) < 4.78 is 5.19. The Bertz CT molecular complexity index is 378. The van der Waals surface area contributed by atoms with Gasteiger partial charge in [-0.2, -0.15) is 11.8 Å². The van der Waals surface area contributed by atoms with Gasteiger partial charge in [-0.25, -0.2) is 0 Å². The molecule has 1 aliphatic heterocycles. The van der Waals surface area contributed by atoms with Gasteiger partial charge in [-0.15, -0.1) is 0 Å². The van der Waals surface area contributed by atoms with Crippen LogP contribution in [-0.2, 0) is 6.54 Å². The van der Waals surface area contributed by atoms with Gasteiger partial charge >= 0.3 is 0 Å². The summed E-state index contributed by atoms with van der Waals surface area (Å²) in [6.07, 6.45) is 1.78. The minimum atomic E-state index is -0.510. The monoisotopic (exact) mass is 267 g/mol. The largest absolute Gasteiger partial charge is 0.497 e. The number of nitrogens with one attached hydrogen (secondary N) is 1. The SMILES string of the molecule is COc1cccc(CNCC2(O)CCSCC2)c1. The Morgan fingerprint density at radius 3 is 2.89 bits per heavy atom. The number of benzene rings is 1. The molecule has 2 rings (SSSR count). The Labute approximate surface area is 113 Å². The number of thioether (sulfide) groups is 1. The highest BCUT2D eigenvalue weighted by molar-refractivity contribution is 7.99. The molecule has 0 aromatic heterocycles. The van der Waals surface area contributed by atoms with Crippen molar-refractivity contribution in [2.75, 3.05) is 25.2 Å². The van der Waals surface area contributed by atoms with E-state index in [1.807, 2.05) is 30.0 Å². The quantitative estimate of drug-likeness (QED) is 0.856. The molecule has 0 spiro atoms. The second-order valence-corrected chi connectivity index (χ2v) is 6.02. The first kappa shape index (κ1) is 13.7. The molecule has 0 aliphatic carbocycles. The molecular weight excluding hydrogens is 246 g/mol. The molecule has 2 N–H and O–H groups in total. The van der Waals surface area contributed by atoms with Crippen molar-refractivity contribution in [3.8, 4) is 5.75 Å². The molecule has 1 fully saturated rings. The van der Waals surface area contributed by atoms with E-state index in [0.717, 1.165) is 36.6 Å². The minimum absolute atomic E-state index is 0.510. The summed E-state index contributed by atoms with van der Waals surface area (Å²) in [4.78, 5) is 0. The van der Waals surface area contributed by atoms with Crippen LogP contribution < -0.4 is 10.1 Å². The van der Waals surface area contributed by atoms with Crippen LogP contribution in [0.25, 0.3) is 0 Å². The lowest BCUT2D eigenvalue weighted by atomic mass is 9.97. The van der Waals surface area contributed by atoms with Crippen LogP contribution in [0.1, 0.15) is 18.4 Å². The van der Waals surface area contributed by atoms with E-state index in [9.17, 15) is 5.11 Å². The van der Waals surface area contributed by atoms with Crippen LogP contribution in [-0.4, -0.2) is 35.9 Å². The van der Waals surface area contributed by atoms with Crippen molar-refractivity contribution in [3.63, 3.8) is 0 Å². The van der Waals surface area contributed by atoms with Crippen LogP contribution >= 0.6 is 11.8 Å². The molecule has 1 saturated heterocycles. The topological polar surface area (TPSA) is 41.5 Å². The Balaban J connectivity index is 1.80. The Morgan fingerprint density at radius 2 is 2.17 bits per heavy atom. The molecule has 1 aromatic carbocycles. The van der Waals surface area contributed by atoms with Crippen LogP contribution in [0.3, 0.4) is 0 Å². The summed E-state index contributed by atoms with van der Waals surface area (Å²) >= 11 is 1.93. The molecule has 0 atom stereocenters. The minimum Gasteiger partial charge on any atom is -0.497 e. The van der Waals surface area contributed by atoms with E-state index < -0.39 is 5.60 Å². The van der Waals surface area contributed by atoms with Crippen molar-refractivity contribution in [1.82, 2.24) is 5.32 Å². The maximum atomic E-state index is 10.3. The summed E-state index contributed by atoms with van der Waals surface area (Å²) in [5.74, 6) is 3.01. The van der Waals surface area contributed by atoms with E-state index in [4.69, 9.17) is 4.74 Å². The van der Waals surface area contributed by atoms with E-state index in [-0.39, 0.29) is 0 Å². The third-order valence-corrected chi connectivity index (χ3v) is 4.33. The molecule has 0 unspecified atom stereocenters. The number of hydrogen-bond acceptors (Lipinski definition) is 4. The van der Waals surface area contributed by atoms with E-state index in [1.54, 1.807) is 7.11 Å². The number of hydrogen-bond donors (Lipinski definition) is 2. The zero-order valence-electron chi connectivity index (χ0n) is 10.8. The molecule has 0 amide bonds. The number of aliphatic hydroxyl groups is 1. The average molecular weight is 267 g/mol. The Hall–Kier alpha value is -0.710. The molecule has 0 bridgehead atoms. The van der Waals surface area contributed by atoms with Crippen LogP contribution in [0, 0.1) is 0 Å². The summed E-state index contributed by atoms with van der Waals surface area (Å²) in [5, 5.41) is 13.7. The number of methoxy groups -OCH3 is 1. The van der Waals surface area contributed by atoms with Crippen molar-refractivity contribution in [2.45, 2.75) is 25.0 Å². The lowest BCUT2D eigenvalue weighted by Crippen LogP contribution is -2.43. The third kappa shape index (κ3) is 3.90. The lowest BCUT2D eigenvalue weighted by molar-refractivity contribution is 0.0320. The molecule has 0 saturated carbocycles. The first-order chi connectivity index (χ1) is 8.72. The van der Waals surface area contributed by atoms with Crippen LogP contribution in [0.4, 0.5) is 0 Å². The normalized spacial score (nSPS) is 18.6. The van der Waals surface area contributed by atoms with Crippen molar-refractivity contribution in [3.05, 3.63) is 29.8 Å². The van der Waals surface area contributed by atoms with E-state index in [2.05, 4.69) is 11.4 Å². The van der Waals surface area contributed by atoms with E-state index in [1.165, 1.54) is 5.56 Å². The lowest BCUT2D eigenvalue weighted by Gasteiger charge is -2.32. The zero-order valence-corrected chi connectivity index (χ0v) is 11.6. The summed E-state index contributed by atoms with van der Waals surface area (Å²) in [6, 6.07) is 8.02. The van der Waals surface area contributed by atoms with Crippen LogP contribution in [0.5, 0.6) is 5.75 Å². The predicted molar refractivity (Wildman–Crippen MR) is 76.2 cm³/mol. The fourth-order valence-electron chi connectivity index (χ4n) is 2.15. The molecule has 100 valence electrons. The van der Waals surface area contributed by atoms with Gasteiger partial charge in [0.25, 0.3) is 0 Å². The standard InChI is InChI=1S/C14H21NO2S/c1-17-13-4-2-3-12(9-13)10-15-11-14(16)5-7-18-8-6-14/h2-4,9,15-16H,5-8,10-11H2,1H3. The van der Waals surface area contributed by atoms with Gasteiger partial charge in [0.05, 0.1) is 12.7 Å². The number of ether oxygens (including phenoxy) is 1. The first-order valence-corrected chi connectivity index (χ1v) is 7.51. The Morgan fingerprint density at radius 1 is 1.39 bits per heavy atom. The van der Waals surface area contributed by atoms with Gasteiger partial charge in [0.15, 0.2) is 0 Å². The molecule has 3 nitrogen and oxygen atoms in total. The van der Waals surface area contributed by atoms with Gasteiger partial charge in [0, 0.05) is 13.1 Å². The molecule has 18 heavy (non-hydrogen) atoms. The van der Waals surface area contributed by atoms with Crippen LogP contribution in [0.15, 0.2) is 24.3 Å². The van der Waals surface area contributed by atoms with Crippen LogP contribution in [0.2, 0.25) is 0 Å². The van der Waals surface area contributed by atoms with Crippen molar-refractivity contribution in [2.24, 2.45) is 0 Å². The fourth-order valence-corrected chi connectivity index (χ4v) is 3.40. The second-order valence-electron chi connectivity index (χ2n) is 4.79. The molecule has 1 aromatic rings. The van der Waals surface area contributed by atoms with Gasteiger partial charge in [-0.1, -0.05) is 12.1 Å². The highest BCUT2D eigenvalue weighted by Crippen LogP contribution is 2.26. The molecule has 1 heterocycles. The molecule has 1 aliphatic rings. The average Bonchev–Trinajstić information content (AvgIpc) is 2.40. The molecule has 4 heteroatoms. The van der Waals surface area contributed by atoms with Gasteiger partial charge in [0.1, 0.15) is 5.75 Å². The maximum Gasteiger partial charge on any atom is 0.119 e. The van der Waals surface area contributed by atoms with E-state index >= 15 is 0 Å². The predicted octanol–water partition coefficient (Wildman–Crippen LogP) is 2.04. The highest BCUT2D eigenvalue weighted by atomic mass is 32.2. The summed E-state index contributed by atoms with van der Waals surface area (Å²) in [7, 11) is 1.68. The van der Waals surface area contributed by atoms with Gasteiger partial charge in [0.2, 0.25) is 0 Å². The Kier molecular flexibility index (Phi) is 4.92. The highest BCUT2D eigenvalue weighted by Gasteiger charge is 2.28. The molecule has 0 radical (unpaired) electrons. The van der Waals surface area contributed by atoms with Crippen molar-refractivity contribution < 1.29 is 9.84 Å². The summed E-state index contributed by atoms with van der Waals surface area (Å²) in [6.45, 7) is 1.44. The van der Waals surface area contributed by atoms with Crippen molar-refractivity contribution >= 4 is 11.8 Å². The summed E-state index contributed by atoms with van der Waals surface area (Å²) in [5.41, 5.74) is 0.674. The van der Waals surface area contributed by atoms with Gasteiger partial charge in [-0.3, -0.25) is 0 Å². The third-order valence-electron chi connectivity index (χ3n) is 3.34. The van der Waals surface area contributed by atoms with Gasteiger partial charge < -0.3 is 15.2 Å². The second kappa shape index (κ2) is 6.45. The smallest absolute Gasteiger partial charge is 0.119 e. The van der Waals surface area contributed by atoms with Crippen molar-refractivity contribution in [1.29, 1.82) is 0 Å². The fraction of sp³-hybridized carbons (Fsp3) is 0.571. The number of rotatable bonds is 5. The maximum absolute atomic E-state index is 10.3. The molecular formula is C14H21NO2S. The zero-order chi connectivity index (χ0) is 12.8.